The molecule has 1 aromatic rings. The van der Waals surface area contributed by atoms with Gasteiger partial charge in [0, 0.05) is 18.5 Å². The highest BCUT2D eigenvalue weighted by atomic mass is 32.2. The van der Waals surface area contributed by atoms with Crippen molar-refractivity contribution in [2.75, 3.05) is 17.7 Å². The highest BCUT2D eigenvalue weighted by Gasteiger charge is 2.46. The lowest BCUT2D eigenvalue weighted by atomic mass is 10.0. The number of hydrogen-bond acceptors (Lipinski definition) is 4. The summed E-state index contributed by atoms with van der Waals surface area (Å²) in [6.07, 6.45) is 1.00. The van der Waals surface area contributed by atoms with Crippen molar-refractivity contribution in [1.82, 2.24) is 0 Å². The van der Waals surface area contributed by atoms with Crippen LogP contribution in [-0.2, 0) is 19.4 Å². The predicted octanol–water partition coefficient (Wildman–Crippen LogP) is 1.02. The van der Waals surface area contributed by atoms with Crippen molar-refractivity contribution >= 4 is 27.4 Å². The van der Waals surface area contributed by atoms with Gasteiger partial charge in [0.2, 0.25) is 5.91 Å². The van der Waals surface area contributed by atoms with Gasteiger partial charge < -0.3 is 10.0 Å². The number of benzene rings is 1. The Bertz CT molecular complexity index is 708. The van der Waals surface area contributed by atoms with Crippen LogP contribution in [-0.4, -0.2) is 42.9 Å². The summed E-state index contributed by atoms with van der Waals surface area (Å²) >= 11 is 0. The number of aliphatic carboxylic acids is 1. The Morgan fingerprint density at radius 1 is 1.29 bits per heavy atom. The first-order valence-electron chi connectivity index (χ1n) is 6.40. The number of fused-ring (bicyclic) bond motifs is 1. The minimum atomic E-state index is -3.62. The number of carboxylic acids is 1. The Kier molecular flexibility index (Phi) is 3.57. The molecule has 0 saturated heterocycles. The number of carbonyl (C=O) groups is 2. The fourth-order valence-electron chi connectivity index (χ4n) is 2.29. The second-order valence-corrected chi connectivity index (χ2v) is 8.21. The quantitative estimate of drug-likeness (QED) is 0.900. The number of carboxylic acid groups (broad SMARTS) is 1. The molecule has 0 radical (unpaired) electrons. The van der Waals surface area contributed by atoms with E-state index in [1.807, 2.05) is 0 Å². The number of nitrogens with zero attached hydrogens (tertiary/aromatic N) is 1. The molecule has 0 fully saturated rings. The summed E-state index contributed by atoms with van der Waals surface area (Å²) in [6, 6.07) is 6.67. The van der Waals surface area contributed by atoms with Crippen LogP contribution in [0, 0.1) is 0 Å². The summed E-state index contributed by atoms with van der Waals surface area (Å²) < 4.78 is 22.0. The van der Waals surface area contributed by atoms with E-state index in [1.54, 1.807) is 24.3 Å². The molecule has 1 N–H and O–H groups in total. The normalized spacial score (nSPS) is 18.4. The Morgan fingerprint density at radius 3 is 2.38 bits per heavy atom. The number of rotatable bonds is 3. The van der Waals surface area contributed by atoms with E-state index in [0.717, 1.165) is 6.26 Å². The SMILES string of the molecule is CC(C)(C(=O)N1CC(C(=O)O)c2ccccc21)S(C)(=O)=O. The summed E-state index contributed by atoms with van der Waals surface area (Å²) in [6.45, 7) is 2.62. The molecule has 7 heteroatoms. The molecule has 1 aliphatic rings. The summed E-state index contributed by atoms with van der Waals surface area (Å²) in [7, 11) is -3.62. The fraction of sp³-hybridized carbons (Fsp3) is 0.429. The second-order valence-electron chi connectivity index (χ2n) is 5.65. The molecule has 1 unspecified atom stereocenters. The minimum Gasteiger partial charge on any atom is -0.481 e. The molecule has 6 nitrogen and oxygen atoms in total. The molecule has 0 aromatic heterocycles. The summed E-state index contributed by atoms with van der Waals surface area (Å²) in [5.41, 5.74) is 0.995. The molecule has 0 bridgehead atoms. The lowest BCUT2D eigenvalue weighted by Crippen LogP contribution is -2.49. The largest absolute Gasteiger partial charge is 0.481 e. The standard InChI is InChI=1S/C14H17NO5S/c1-14(2,21(3,19)20)13(18)15-8-10(12(16)17)9-6-4-5-7-11(9)15/h4-7,10H,8H2,1-3H3,(H,16,17). The van der Waals surface area contributed by atoms with Gasteiger partial charge in [-0.05, 0) is 25.5 Å². The molecule has 1 atom stereocenters. The van der Waals surface area contributed by atoms with E-state index in [2.05, 4.69) is 0 Å². The number of anilines is 1. The predicted molar refractivity (Wildman–Crippen MR) is 78.1 cm³/mol. The second kappa shape index (κ2) is 4.84. The third kappa shape index (κ3) is 2.42. The van der Waals surface area contributed by atoms with Gasteiger partial charge in [-0.2, -0.15) is 0 Å². The van der Waals surface area contributed by atoms with Crippen molar-refractivity contribution in [3.63, 3.8) is 0 Å². The van der Waals surface area contributed by atoms with Crippen molar-refractivity contribution in [2.45, 2.75) is 24.5 Å². The van der Waals surface area contributed by atoms with Crippen LogP contribution in [0.4, 0.5) is 5.69 Å². The van der Waals surface area contributed by atoms with Gasteiger partial charge in [-0.1, -0.05) is 18.2 Å². The minimum absolute atomic E-state index is 0.0491. The smallest absolute Gasteiger partial charge is 0.312 e. The van der Waals surface area contributed by atoms with Crippen molar-refractivity contribution in [1.29, 1.82) is 0 Å². The Balaban J connectivity index is 2.48. The number of carbonyl (C=O) groups excluding carboxylic acids is 1. The van der Waals surface area contributed by atoms with Crippen molar-refractivity contribution in [3.8, 4) is 0 Å². The number of amides is 1. The van der Waals surface area contributed by atoms with Gasteiger partial charge in [0.25, 0.3) is 0 Å². The van der Waals surface area contributed by atoms with Crippen LogP contribution in [0.25, 0.3) is 0 Å². The van der Waals surface area contributed by atoms with Gasteiger partial charge >= 0.3 is 5.97 Å². The molecular weight excluding hydrogens is 294 g/mol. The zero-order valence-corrected chi connectivity index (χ0v) is 12.8. The van der Waals surface area contributed by atoms with E-state index in [9.17, 15) is 23.1 Å². The van der Waals surface area contributed by atoms with E-state index >= 15 is 0 Å². The average Bonchev–Trinajstić information content (AvgIpc) is 2.76. The average molecular weight is 311 g/mol. The monoisotopic (exact) mass is 311 g/mol. The van der Waals surface area contributed by atoms with E-state index in [-0.39, 0.29) is 6.54 Å². The summed E-state index contributed by atoms with van der Waals surface area (Å²) in [5.74, 6) is -2.48. The van der Waals surface area contributed by atoms with Crippen LogP contribution >= 0.6 is 0 Å². The van der Waals surface area contributed by atoms with Crippen LogP contribution in [0.5, 0.6) is 0 Å². The third-order valence-corrected chi connectivity index (χ3v) is 5.98. The van der Waals surface area contributed by atoms with E-state index in [0.29, 0.717) is 11.3 Å². The van der Waals surface area contributed by atoms with Crippen molar-refractivity contribution < 1.29 is 23.1 Å². The first-order valence-corrected chi connectivity index (χ1v) is 8.30. The first-order chi connectivity index (χ1) is 9.57. The van der Waals surface area contributed by atoms with Crippen LogP contribution in [0.15, 0.2) is 24.3 Å². The van der Waals surface area contributed by atoms with Gasteiger partial charge in [-0.25, -0.2) is 8.42 Å². The lowest BCUT2D eigenvalue weighted by Gasteiger charge is -2.28. The maximum atomic E-state index is 12.6. The Morgan fingerprint density at radius 2 is 1.86 bits per heavy atom. The molecule has 1 aromatic carbocycles. The lowest BCUT2D eigenvalue weighted by molar-refractivity contribution is -0.138. The molecule has 21 heavy (non-hydrogen) atoms. The zero-order chi connectivity index (χ0) is 16.0. The molecule has 1 amide bonds. The molecule has 1 heterocycles. The molecule has 0 spiro atoms. The van der Waals surface area contributed by atoms with Gasteiger partial charge in [-0.3, -0.25) is 9.59 Å². The highest BCUT2D eigenvalue weighted by molar-refractivity contribution is 7.92. The van der Waals surface area contributed by atoms with Crippen LogP contribution in [0.3, 0.4) is 0 Å². The maximum absolute atomic E-state index is 12.6. The topological polar surface area (TPSA) is 91.8 Å². The molecule has 114 valence electrons. The molecule has 0 saturated carbocycles. The third-order valence-electron chi connectivity index (χ3n) is 3.95. The molecule has 0 aliphatic carbocycles. The van der Waals surface area contributed by atoms with E-state index in [1.165, 1.54) is 18.7 Å². The van der Waals surface area contributed by atoms with E-state index < -0.39 is 32.4 Å². The van der Waals surface area contributed by atoms with Gasteiger partial charge in [0.15, 0.2) is 9.84 Å². The van der Waals surface area contributed by atoms with Gasteiger partial charge in [0.1, 0.15) is 10.7 Å². The number of sulfone groups is 1. The number of para-hydroxylation sites is 1. The fourth-order valence-corrected chi connectivity index (χ4v) is 2.72. The molecular formula is C14H17NO5S. The van der Waals surface area contributed by atoms with Crippen LogP contribution in [0.2, 0.25) is 0 Å². The zero-order valence-electron chi connectivity index (χ0n) is 12.0. The number of hydrogen-bond donors (Lipinski definition) is 1. The Hall–Kier alpha value is -1.89. The van der Waals surface area contributed by atoms with Crippen LogP contribution in [0.1, 0.15) is 25.3 Å². The van der Waals surface area contributed by atoms with Gasteiger partial charge in [-0.15, -0.1) is 0 Å². The molecule has 1 aliphatic heterocycles. The van der Waals surface area contributed by atoms with E-state index in [4.69, 9.17) is 0 Å². The first kappa shape index (κ1) is 15.5. The molecule has 2 rings (SSSR count). The maximum Gasteiger partial charge on any atom is 0.312 e. The Labute approximate surface area is 123 Å². The van der Waals surface area contributed by atoms with Crippen molar-refractivity contribution in [2.24, 2.45) is 0 Å². The summed E-state index contributed by atoms with van der Waals surface area (Å²) in [4.78, 5) is 25.2. The van der Waals surface area contributed by atoms with Crippen LogP contribution < -0.4 is 4.90 Å². The highest BCUT2D eigenvalue weighted by Crippen LogP contribution is 2.38. The van der Waals surface area contributed by atoms with Crippen molar-refractivity contribution in [3.05, 3.63) is 29.8 Å². The summed E-state index contributed by atoms with van der Waals surface area (Å²) in [5, 5.41) is 9.27. The van der Waals surface area contributed by atoms with Gasteiger partial charge in [0.05, 0.1) is 0 Å².